The van der Waals surface area contributed by atoms with E-state index in [-0.39, 0.29) is 5.78 Å². The lowest BCUT2D eigenvalue weighted by Crippen LogP contribution is -2.18. The lowest BCUT2D eigenvalue weighted by Gasteiger charge is -1.96. The zero-order chi connectivity index (χ0) is 13.0. The number of ether oxygens (including phenoxy) is 1. The number of thiophene rings is 1. The molecule has 0 aliphatic rings. The van der Waals surface area contributed by atoms with E-state index in [1.54, 1.807) is 6.07 Å². The second-order valence-electron chi connectivity index (χ2n) is 3.25. The maximum absolute atomic E-state index is 11.7. The molecule has 1 aromatic rings. The third-order valence-electron chi connectivity index (χ3n) is 2.09. The maximum Gasteiger partial charge on any atom is 0.374 e. The van der Waals surface area contributed by atoms with Crippen LogP contribution in [0.15, 0.2) is 10.5 Å². The Morgan fingerprint density at radius 1 is 1.41 bits per heavy atom. The zero-order valence-corrected chi connectivity index (χ0v) is 11.8. The fourth-order valence-electron chi connectivity index (χ4n) is 1.20. The maximum atomic E-state index is 11.7. The minimum Gasteiger partial charge on any atom is -0.463 e. The summed E-state index contributed by atoms with van der Waals surface area (Å²) < 4.78 is 5.11. The molecule has 0 unspecified atom stereocenters. The quantitative estimate of drug-likeness (QED) is 0.362. The fourth-order valence-corrected chi connectivity index (χ4v) is 3.04. The van der Waals surface area contributed by atoms with Crippen LogP contribution in [0.5, 0.6) is 0 Å². The van der Waals surface area contributed by atoms with Gasteiger partial charge >= 0.3 is 5.97 Å². The van der Waals surface area contributed by atoms with E-state index in [0.29, 0.717) is 4.88 Å². The van der Waals surface area contributed by atoms with E-state index in [0.717, 1.165) is 22.9 Å². The van der Waals surface area contributed by atoms with Gasteiger partial charge in [0.25, 0.3) is 0 Å². The van der Waals surface area contributed by atoms with Crippen molar-refractivity contribution in [1.82, 2.24) is 0 Å². The average Bonchev–Trinajstić information content (AvgIpc) is 2.69. The number of ketones is 2. The predicted octanol–water partition coefficient (Wildman–Crippen LogP) is 2.39. The lowest BCUT2D eigenvalue weighted by atomic mass is 10.2. The van der Waals surface area contributed by atoms with Crippen LogP contribution in [-0.2, 0) is 20.7 Å². The van der Waals surface area contributed by atoms with Crippen LogP contribution >= 0.6 is 27.3 Å². The molecule has 0 spiro atoms. The van der Waals surface area contributed by atoms with Crippen molar-refractivity contribution < 1.29 is 19.1 Å². The van der Waals surface area contributed by atoms with Gasteiger partial charge in [0.2, 0.25) is 5.78 Å². The van der Waals surface area contributed by atoms with E-state index in [4.69, 9.17) is 0 Å². The van der Waals surface area contributed by atoms with Crippen LogP contribution in [0.25, 0.3) is 0 Å². The number of methoxy groups -OCH3 is 1. The molecule has 0 N–H and O–H groups in total. The Balaban J connectivity index is 2.76. The van der Waals surface area contributed by atoms with Gasteiger partial charge in [-0.15, -0.1) is 11.3 Å². The number of carbonyl (C=O) groups excluding carboxylic acids is 3. The van der Waals surface area contributed by atoms with Crippen molar-refractivity contribution in [2.24, 2.45) is 0 Å². The first kappa shape index (κ1) is 14.1. The van der Waals surface area contributed by atoms with E-state index < -0.39 is 18.2 Å². The lowest BCUT2D eigenvalue weighted by molar-refractivity contribution is -0.151. The van der Waals surface area contributed by atoms with Crippen molar-refractivity contribution in [2.45, 2.75) is 19.8 Å². The van der Waals surface area contributed by atoms with Gasteiger partial charge in [-0.05, 0) is 28.4 Å². The number of rotatable bonds is 5. The summed E-state index contributed by atoms with van der Waals surface area (Å²) in [4.78, 5) is 35.3. The highest BCUT2D eigenvalue weighted by molar-refractivity contribution is 9.10. The van der Waals surface area contributed by atoms with E-state index in [9.17, 15) is 14.4 Å². The Bertz CT molecular complexity index is 464. The Hall–Kier alpha value is -1.01. The van der Waals surface area contributed by atoms with E-state index in [1.807, 2.05) is 6.92 Å². The highest BCUT2D eigenvalue weighted by Gasteiger charge is 2.21. The SMILES string of the molecule is CCc1sc(C(=O)CC(=O)C(=O)OC)cc1Br. The zero-order valence-electron chi connectivity index (χ0n) is 9.41. The number of halogens is 1. The van der Waals surface area contributed by atoms with Gasteiger partial charge in [-0.1, -0.05) is 6.92 Å². The van der Waals surface area contributed by atoms with Crippen LogP contribution < -0.4 is 0 Å². The van der Waals surface area contributed by atoms with Gasteiger partial charge in [0.05, 0.1) is 18.4 Å². The number of carbonyl (C=O) groups is 3. The molecule has 0 amide bonds. The summed E-state index contributed by atoms with van der Waals surface area (Å²) in [5, 5.41) is 0. The smallest absolute Gasteiger partial charge is 0.374 e. The number of hydrogen-bond donors (Lipinski definition) is 0. The minimum atomic E-state index is -0.982. The van der Waals surface area contributed by atoms with Crippen LogP contribution in [0, 0.1) is 0 Å². The molecule has 92 valence electrons. The molecule has 0 saturated carbocycles. The van der Waals surface area contributed by atoms with Gasteiger partial charge in [0, 0.05) is 9.35 Å². The van der Waals surface area contributed by atoms with Crippen molar-refractivity contribution in [1.29, 1.82) is 0 Å². The summed E-state index contributed by atoms with van der Waals surface area (Å²) in [5.41, 5.74) is 0. The second-order valence-corrected chi connectivity index (χ2v) is 5.24. The van der Waals surface area contributed by atoms with Crippen LogP contribution in [-0.4, -0.2) is 24.6 Å². The van der Waals surface area contributed by atoms with E-state index in [1.165, 1.54) is 11.3 Å². The largest absolute Gasteiger partial charge is 0.463 e. The molecule has 17 heavy (non-hydrogen) atoms. The highest BCUT2D eigenvalue weighted by atomic mass is 79.9. The molecule has 0 aliphatic heterocycles. The van der Waals surface area contributed by atoms with Crippen LogP contribution in [0.3, 0.4) is 0 Å². The summed E-state index contributed by atoms with van der Waals surface area (Å²) >= 11 is 4.66. The van der Waals surface area contributed by atoms with Gasteiger partial charge in [0.15, 0.2) is 5.78 Å². The van der Waals surface area contributed by atoms with Gasteiger partial charge in [-0.3, -0.25) is 9.59 Å². The summed E-state index contributed by atoms with van der Waals surface area (Å²) in [6.07, 6.45) is 0.367. The summed E-state index contributed by atoms with van der Waals surface area (Å²) in [7, 11) is 1.11. The van der Waals surface area contributed by atoms with Gasteiger partial charge < -0.3 is 4.74 Å². The molecule has 0 aromatic carbocycles. The first-order chi connectivity index (χ1) is 7.99. The van der Waals surface area contributed by atoms with Crippen LogP contribution in [0.2, 0.25) is 0 Å². The first-order valence-electron chi connectivity index (χ1n) is 4.92. The molecule has 1 rings (SSSR count). The highest BCUT2D eigenvalue weighted by Crippen LogP contribution is 2.28. The average molecular weight is 319 g/mol. The molecule has 0 atom stereocenters. The molecule has 0 aliphatic carbocycles. The fraction of sp³-hybridized carbons (Fsp3) is 0.364. The Morgan fingerprint density at radius 3 is 2.53 bits per heavy atom. The molecule has 6 heteroatoms. The first-order valence-corrected chi connectivity index (χ1v) is 6.53. The van der Waals surface area contributed by atoms with Crippen molar-refractivity contribution in [2.75, 3.05) is 7.11 Å². The van der Waals surface area contributed by atoms with E-state index >= 15 is 0 Å². The number of hydrogen-bond acceptors (Lipinski definition) is 5. The predicted molar refractivity (Wildman–Crippen MR) is 67.4 cm³/mol. The Morgan fingerprint density at radius 2 is 2.06 bits per heavy atom. The molecule has 1 aromatic heterocycles. The van der Waals surface area contributed by atoms with Gasteiger partial charge in [-0.2, -0.15) is 0 Å². The minimum absolute atomic E-state index is 0.356. The molecule has 0 radical (unpaired) electrons. The third kappa shape index (κ3) is 3.47. The summed E-state index contributed by atoms with van der Waals surface area (Å²) in [6.45, 7) is 1.98. The Labute approximate surface area is 111 Å². The van der Waals surface area contributed by atoms with E-state index in [2.05, 4.69) is 20.7 Å². The summed E-state index contributed by atoms with van der Waals surface area (Å²) in [6, 6.07) is 1.68. The van der Waals surface area contributed by atoms with Crippen LogP contribution in [0.4, 0.5) is 0 Å². The number of aryl methyl sites for hydroxylation is 1. The third-order valence-corrected chi connectivity index (χ3v) is 4.38. The van der Waals surface area contributed by atoms with Crippen LogP contribution in [0.1, 0.15) is 27.9 Å². The molecular formula is C11H11BrO4S. The standard InChI is InChI=1S/C11H11BrO4S/c1-3-9-6(12)4-10(17-9)7(13)5-8(14)11(15)16-2/h4H,3,5H2,1-2H3. The monoisotopic (exact) mass is 318 g/mol. The number of Topliss-reactive ketones (excluding diaryl/α,β-unsaturated/α-hetero) is 2. The van der Waals surface area contributed by atoms with Gasteiger partial charge in [0.1, 0.15) is 0 Å². The molecule has 1 heterocycles. The summed E-state index contributed by atoms with van der Waals surface area (Å²) in [5.74, 6) is -2.16. The molecule has 4 nitrogen and oxygen atoms in total. The van der Waals surface area contributed by atoms with Crippen molar-refractivity contribution in [3.63, 3.8) is 0 Å². The Kier molecular flexibility index (Phi) is 5.02. The second kappa shape index (κ2) is 6.07. The molecule has 0 saturated heterocycles. The molecular weight excluding hydrogens is 308 g/mol. The topological polar surface area (TPSA) is 60.4 Å². The normalized spacial score (nSPS) is 10.1. The molecule has 0 fully saturated rings. The van der Waals surface area contributed by atoms with Crippen molar-refractivity contribution in [3.05, 3.63) is 20.3 Å². The van der Waals surface area contributed by atoms with Crippen molar-refractivity contribution >= 4 is 44.8 Å². The number of esters is 1. The van der Waals surface area contributed by atoms with Crippen molar-refractivity contribution in [3.8, 4) is 0 Å². The van der Waals surface area contributed by atoms with Gasteiger partial charge in [-0.25, -0.2) is 4.79 Å². The molecule has 0 bridgehead atoms.